The summed E-state index contributed by atoms with van der Waals surface area (Å²) in [7, 11) is 0. The first kappa shape index (κ1) is 14.1. The average molecular weight is 245 g/mol. The standard InChI is InChI=1S/C11H19NO5/c1-10(2)6-8(13)9(11(3,14)7-10)17-5-4-12(15)16/h9,14H,4-7H2,1-3H3/t9-,11-/m1/s1. The molecule has 0 saturated heterocycles. The Bertz CT molecular complexity index is 324. The van der Waals surface area contributed by atoms with E-state index in [4.69, 9.17) is 4.74 Å². The van der Waals surface area contributed by atoms with Gasteiger partial charge in [-0.05, 0) is 18.8 Å². The van der Waals surface area contributed by atoms with Crippen LogP contribution in [0, 0.1) is 15.5 Å². The summed E-state index contributed by atoms with van der Waals surface area (Å²) >= 11 is 0. The molecule has 0 radical (unpaired) electrons. The molecule has 6 nitrogen and oxygen atoms in total. The van der Waals surface area contributed by atoms with Gasteiger partial charge in [0.25, 0.3) is 0 Å². The van der Waals surface area contributed by atoms with Crippen molar-refractivity contribution in [2.75, 3.05) is 13.2 Å². The van der Waals surface area contributed by atoms with Gasteiger partial charge in [-0.1, -0.05) is 13.8 Å². The first-order valence-electron chi connectivity index (χ1n) is 5.63. The largest absolute Gasteiger partial charge is 0.387 e. The number of hydrogen-bond acceptors (Lipinski definition) is 5. The van der Waals surface area contributed by atoms with Gasteiger partial charge in [0.15, 0.2) is 5.78 Å². The van der Waals surface area contributed by atoms with E-state index in [9.17, 15) is 20.0 Å². The number of ether oxygens (including phenoxy) is 1. The molecular formula is C11H19NO5. The smallest absolute Gasteiger partial charge is 0.226 e. The molecule has 0 aromatic heterocycles. The molecular weight excluding hydrogens is 226 g/mol. The van der Waals surface area contributed by atoms with Crippen molar-refractivity contribution < 1.29 is 19.6 Å². The maximum absolute atomic E-state index is 11.8. The van der Waals surface area contributed by atoms with Gasteiger partial charge in [-0.2, -0.15) is 0 Å². The minimum Gasteiger partial charge on any atom is -0.387 e. The number of carbonyl (C=O) groups is 1. The van der Waals surface area contributed by atoms with Crippen LogP contribution >= 0.6 is 0 Å². The number of aliphatic hydroxyl groups is 1. The Kier molecular flexibility index (Phi) is 3.88. The Labute approximate surface area is 100 Å². The average Bonchev–Trinajstić information content (AvgIpc) is 2.06. The Morgan fingerprint density at radius 1 is 1.53 bits per heavy atom. The van der Waals surface area contributed by atoms with E-state index in [2.05, 4.69) is 0 Å². The van der Waals surface area contributed by atoms with E-state index >= 15 is 0 Å². The van der Waals surface area contributed by atoms with E-state index in [0.717, 1.165) is 0 Å². The molecule has 1 saturated carbocycles. The van der Waals surface area contributed by atoms with Gasteiger partial charge in [-0.3, -0.25) is 14.9 Å². The van der Waals surface area contributed by atoms with Crippen LogP contribution in [0.3, 0.4) is 0 Å². The second kappa shape index (κ2) is 4.70. The molecule has 0 aliphatic heterocycles. The van der Waals surface area contributed by atoms with Crippen LogP contribution in [0.4, 0.5) is 0 Å². The number of Topliss-reactive ketones (excluding diaryl/α,β-unsaturated/α-hetero) is 1. The van der Waals surface area contributed by atoms with Crippen LogP contribution in [-0.4, -0.2) is 40.7 Å². The summed E-state index contributed by atoms with van der Waals surface area (Å²) in [5.74, 6) is -0.186. The van der Waals surface area contributed by atoms with Crippen LogP contribution < -0.4 is 0 Å². The van der Waals surface area contributed by atoms with Gasteiger partial charge in [0.2, 0.25) is 6.54 Å². The molecule has 0 bridgehead atoms. The van der Waals surface area contributed by atoms with Crippen molar-refractivity contribution in [3.05, 3.63) is 10.1 Å². The maximum atomic E-state index is 11.8. The summed E-state index contributed by atoms with van der Waals surface area (Å²) in [5.41, 5.74) is -1.51. The highest BCUT2D eigenvalue weighted by atomic mass is 16.6. The molecule has 1 aliphatic carbocycles. The maximum Gasteiger partial charge on any atom is 0.226 e. The second-order valence-electron chi connectivity index (χ2n) is 5.65. The molecule has 0 heterocycles. The predicted octanol–water partition coefficient (Wildman–Crippen LogP) is 0.788. The zero-order valence-corrected chi connectivity index (χ0v) is 10.4. The van der Waals surface area contributed by atoms with E-state index in [1.807, 2.05) is 13.8 Å². The normalized spacial score (nSPS) is 32.5. The first-order chi connectivity index (χ1) is 7.64. The van der Waals surface area contributed by atoms with E-state index in [1.54, 1.807) is 6.92 Å². The van der Waals surface area contributed by atoms with Gasteiger partial charge < -0.3 is 9.84 Å². The third kappa shape index (κ3) is 3.74. The molecule has 1 rings (SSSR count). The van der Waals surface area contributed by atoms with Crippen LogP contribution in [0.25, 0.3) is 0 Å². The highest BCUT2D eigenvalue weighted by Gasteiger charge is 2.48. The summed E-state index contributed by atoms with van der Waals surface area (Å²) < 4.78 is 5.17. The predicted molar refractivity (Wildman–Crippen MR) is 60.2 cm³/mol. The zero-order valence-electron chi connectivity index (χ0n) is 10.4. The second-order valence-corrected chi connectivity index (χ2v) is 5.65. The lowest BCUT2D eigenvalue weighted by molar-refractivity contribution is -0.484. The van der Waals surface area contributed by atoms with Crippen LogP contribution in [-0.2, 0) is 9.53 Å². The molecule has 1 fully saturated rings. The molecule has 98 valence electrons. The topological polar surface area (TPSA) is 89.7 Å². The Hall–Kier alpha value is -1.01. The van der Waals surface area contributed by atoms with Crippen molar-refractivity contribution in [2.45, 2.75) is 45.3 Å². The molecule has 0 unspecified atom stereocenters. The molecule has 6 heteroatoms. The van der Waals surface area contributed by atoms with Crippen LogP contribution in [0.5, 0.6) is 0 Å². The fourth-order valence-electron chi connectivity index (χ4n) is 2.55. The van der Waals surface area contributed by atoms with E-state index in [-0.39, 0.29) is 24.3 Å². The number of carbonyl (C=O) groups excluding carboxylic acids is 1. The molecule has 17 heavy (non-hydrogen) atoms. The fourth-order valence-corrected chi connectivity index (χ4v) is 2.55. The van der Waals surface area contributed by atoms with Crippen LogP contribution in [0.1, 0.15) is 33.6 Å². The van der Waals surface area contributed by atoms with Gasteiger partial charge in [0.05, 0.1) is 5.60 Å². The quantitative estimate of drug-likeness (QED) is 0.584. The number of nitro groups is 1. The van der Waals surface area contributed by atoms with E-state index in [1.165, 1.54) is 0 Å². The van der Waals surface area contributed by atoms with Crippen LogP contribution in [0.15, 0.2) is 0 Å². The molecule has 0 spiro atoms. The van der Waals surface area contributed by atoms with Gasteiger partial charge >= 0.3 is 0 Å². The third-order valence-electron chi connectivity index (χ3n) is 2.90. The zero-order chi connectivity index (χ0) is 13.3. The monoisotopic (exact) mass is 245 g/mol. The highest BCUT2D eigenvalue weighted by molar-refractivity contribution is 5.86. The summed E-state index contributed by atoms with van der Waals surface area (Å²) in [6, 6.07) is 0. The molecule has 1 aliphatic rings. The Morgan fingerprint density at radius 3 is 2.59 bits per heavy atom. The van der Waals surface area contributed by atoms with Gasteiger partial charge in [0, 0.05) is 11.3 Å². The molecule has 2 atom stereocenters. The van der Waals surface area contributed by atoms with Crippen LogP contribution in [0.2, 0.25) is 0 Å². The van der Waals surface area contributed by atoms with Crippen molar-refractivity contribution in [2.24, 2.45) is 5.41 Å². The first-order valence-corrected chi connectivity index (χ1v) is 5.63. The molecule has 0 aromatic rings. The minimum absolute atomic E-state index is 0.153. The SMILES string of the molecule is CC1(C)CC(=O)[C@@H](OCC[N+](=O)[O-])[C@](C)(O)C1. The van der Waals surface area contributed by atoms with Crippen molar-refractivity contribution in [1.82, 2.24) is 0 Å². The van der Waals surface area contributed by atoms with Gasteiger partial charge in [-0.15, -0.1) is 0 Å². The third-order valence-corrected chi connectivity index (χ3v) is 2.90. The molecule has 0 amide bonds. The lowest BCUT2D eigenvalue weighted by Crippen LogP contribution is -2.54. The number of ketones is 1. The number of nitrogens with zero attached hydrogens (tertiary/aromatic N) is 1. The van der Waals surface area contributed by atoms with Crippen molar-refractivity contribution >= 4 is 5.78 Å². The Balaban J connectivity index is 2.65. The van der Waals surface area contributed by atoms with Crippen molar-refractivity contribution in [3.8, 4) is 0 Å². The van der Waals surface area contributed by atoms with Crippen molar-refractivity contribution in [1.29, 1.82) is 0 Å². The summed E-state index contributed by atoms with van der Waals surface area (Å²) in [4.78, 5) is 21.5. The Morgan fingerprint density at radius 2 is 2.12 bits per heavy atom. The summed E-state index contributed by atoms with van der Waals surface area (Å²) in [6.07, 6.45) is -0.184. The van der Waals surface area contributed by atoms with E-state index < -0.39 is 16.6 Å². The van der Waals surface area contributed by atoms with E-state index in [0.29, 0.717) is 12.8 Å². The van der Waals surface area contributed by atoms with Crippen molar-refractivity contribution in [3.63, 3.8) is 0 Å². The molecule has 0 aromatic carbocycles. The lowest BCUT2D eigenvalue weighted by Gasteiger charge is -2.43. The van der Waals surface area contributed by atoms with Gasteiger partial charge in [0.1, 0.15) is 12.7 Å². The molecule has 1 N–H and O–H groups in total. The summed E-state index contributed by atoms with van der Waals surface area (Å²) in [6.45, 7) is 4.85. The minimum atomic E-state index is -1.25. The highest BCUT2D eigenvalue weighted by Crippen LogP contribution is 2.40. The number of rotatable bonds is 4. The van der Waals surface area contributed by atoms with Gasteiger partial charge in [-0.25, -0.2) is 0 Å². The lowest BCUT2D eigenvalue weighted by atomic mass is 9.68. The summed E-state index contributed by atoms with van der Waals surface area (Å²) in [5, 5.41) is 20.4. The number of hydrogen-bond donors (Lipinski definition) is 1. The fraction of sp³-hybridized carbons (Fsp3) is 0.909.